The van der Waals surface area contributed by atoms with Crippen LogP contribution in [-0.2, 0) is 18.7 Å². The van der Waals surface area contributed by atoms with Crippen molar-refractivity contribution in [3.8, 4) is 17.1 Å². The number of phenols is 1. The molecule has 0 aliphatic carbocycles. The van der Waals surface area contributed by atoms with Gasteiger partial charge < -0.3 is 9.67 Å². The summed E-state index contributed by atoms with van der Waals surface area (Å²) in [6.07, 6.45) is 6.78. The number of benzene rings is 1. The van der Waals surface area contributed by atoms with Crippen molar-refractivity contribution in [3.63, 3.8) is 0 Å². The monoisotopic (exact) mass is 331 g/mol. The lowest BCUT2D eigenvalue weighted by Gasteiger charge is -2.07. The van der Waals surface area contributed by atoms with Crippen LogP contribution in [0.5, 0.6) is 5.75 Å². The molecule has 0 spiro atoms. The molecule has 0 atom stereocenters. The number of imidazole rings is 1. The fraction of sp³-hybridized carbons (Fsp3) is 0.250. The molecule has 6 heteroatoms. The van der Waals surface area contributed by atoms with Crippen LogP contribution in [0.25, 0.3) is 11.4 Å². The summed E-state index contributed by atoms with van der Waals surface area (Å²) in [5.41, 5.74) is 2.14. The first-order chi connectivity index (χ1) is 10.8. The Labute approximate surface area is 137 Å². The van der Waals surface area contributed by atoms with Gasteiger partial charge in [-0.3, -0.25) is 0 Å². The van der Waals surface area contributed by atoms with Crippen molar-refractivity contribution in [1.82, 2.24) is 14.5 Å². The van der Waals surface area contributed by atoms with Gasteiger partial charge in [0.2, 0.25) is 0 Å². The van der Waals surface area contributed by atoms with E-state index in [2.05, 4.69) is 26.2 Å². The van der Waals surface area contributed by atoms with Crippen molar-refractivity contribution >= 4 is 23.1 Å². The molecule has 2 aromatic heterocycles. The number of hydrogen-bond acceptors (Lipinski definition) is 5. The van der Waals surface area contributed by atoms with E-state index in [1.165, 1.54) is 5.01 Å². The van der Waals surface area contributed by atoms with Gasteiger partial charge in [-0.15, -0.1) is 11.3 Å². The molecule has 3 aromatic rings. The molecule has 0 bridgehead atoms. The Morgan fingerprint density at radius 1 is 1.27 bits per heavy atom. The average molecular weight is 331 g/mol. The van der Waals surface area contributed by atoms with E-state index in [-0.39, 0.29) is 5.75 Å². The summed E-state index contributed by atoms with van der Waals surface area (Å²) in [4.78, 5) is 9.07. The molecule has 0 saturated heterocycles. The third-order valence-electron chi connectivity index (χ3n) is 3.32. The Morgan fingerprint density at radius 3 is 2.86 bits per heavy atom. The molecule has 4 nitrogen and oxygen atoms in total. The lowest BCUT2D eigenvalue weighted by Crippen LogP contribution is -2.03. The molecule has 0 saturated carbocycles. The van der Waals surface area contributed by atoms with E-state index >= 15 is 0 Å². The summed E-state index contributed by atoms with van der Waals surface area (Å²) in [5.74, 6) is 2.17. The van der Waals surface area contributed by atoms with Crippen LogP contribution in [-0.4, -0.2) is 25.9 Å². The largest absolute Gasteiger partial charge is 0.508 e. The van der Waals surface area contributed by atoms with Gasteiger partial charge in [-0.25, -0.2) is 9.97 Å². The highest BCUT2D eigenvalue weighted by Crippen LogP contribution is 2.21. The normalized spacial score (nSPS) is 11.0. The van der Waals surface area contributed by atoms with Crippen LogP contribution in [0.1, 0.15) is 10.7 Å². The minimum atomic E-state index is 0.269. The second-order valence-electron chi connectivity index (χ2n) is 4.91. The van der Waals surface area contributed by atoms with Crippen molar-refractivity contribution in [2.75, 3.05) is 6.26 Å². The quantitative estimate of drug-likeness (QED) is 0.746. The number of aromatic nitrogens is 3. The van der Waals surface area contributed by atoms with E-state index in [0.29, 0.717) is 0 Å². The topological polar surface area (TPSA) is 50.9 Å². The Morgan fingerprint density at radius 2 is 2.09 bits per heavy atom. The van der Waals surface area contributed by atoms with Gasteiger partial charge in [0.25, 0.3) is 0 Å². The minimum absolute atomic E-state index is 0.269. The maximum atomic E-state index is 9.39. The predicted octanol–water partition coefficient (Wildman–Crippen LogP) is 3.82. The summed E-state index contributed by atoms with van der Waals surface area (Å²) in [7, 11) is 0. The molecule has 114 valence electrons. The molecule has 0 radical (unpaired) electrons. The minimum Gasteiger partial charge on any atom is -0.508 e. The van der Waals surface area contributed by atoms with E-state index in [4.69, 9.17) is 0 Å². The summed E-state index contributed by atoms with van der Waals surface area (Å²) in [6, 6.07) is 7.13. The molecule has 22 heavy (non-hydrogen) atoms. The Bertz CT molecular complexity index is 734. The molecule has 2 heterocycles. The number of hydrogen-bond donors (Lipinski definition) is 1. The van der Waals surface area contributed by atoms with Gasteiger partial charge in [-0.1, -0.05) is 0 Å². The number of rotatable bonds is 6. The van der Waals surface area contributed by atoms with Crippen molar-refractivity contribution in [2.45, 2.75) is 18.7 Å². The summed E-state index contributed by atoms with van der Waals surface area (Å²) in [6.45, 7) is 0.846. The number of phenolic OH excluding ortho intramolecular Hbond substituents is 1. The lowest BCUT2D eigenvalue weighted by atomic mass is 10.2. The van der Waals surface area contributed by atoms with Crippen molar-refractivity contribution in [1.29, 1.82) is 0 Å². The summed E-state index contributed by atoms with van der Waals surface area (Å²) < 4.78 is 2.12. The van der Waals surface area contributed by atoms with E-state index in [9.17, 15) is 5.11 Å². The molecule has 0 fully saturated rings. The molecule has 3 rings (SSSR count). The average Bonchev–Trinajstić information content (AvgIpc) is 3.15. The zero-order chi connectivity index (χ0) is 15.4. The Kier molecular flexibility index (Phi) is 4.80. The molecule has 1 N–H and O–H groups in total. The maximum Gasteiger partial charge on any atom is 0.139 e. The van der Waals surface area contributed by atoms with Gasteiger partial charge in [0.1, 0.15) is 16.6 Å². The number of aromatic hydroxyl groups is 1. The molecule has 0 amide bonds. The van der Waals surface area contributed by atoms with Gasteiger partial charge >= 0.3 is 0 Å². The molecule has 0 aliphatic heterocycles. The number of nitrogens with zero attached hydrogens (tertiary/aromatic N) is 3. The fourth-order valence-corrected chi connectivity index (χ4v) is 3.80. The van der Waals surface area contributed by atoms with Gasteiger partial charge in [-0.05, 0) is 30.5 Å². The van der Waals surface area contributed by atoms with E-state index in [0.717, 1.165) is 35.8 Å². The van der Waals surface area contributed by atoms with Crippen LogP contribution < -0.4 is 0 Å². The first-order valence-electron chi connectivity index (χ1n) is 6.99. The van der Waals surface area contributed by atoms with E-state index < -0.39 is 0 Å². The highest BCUT2D eigenvalue weighted by molar-refractivity contribution is 7.97. The number of aryl methyl sites for hydroxylation is 2. The fourth-order valence-electron chi connectivity index (χ4n) is 2.25. The van der Waals surface area contributed by atoms with Crippen LogP contribution >= 0.6 is 23.1 Å². The van der Waals surface area contributed by atoms with Crippen LogP contribution in [0, 0.1) is 0 Å². The smallest absolute Gasteiger partial charge is 0.139 e. The zero-order valence-electron chi connectivity index (χ0n) is 12.3. The van der Waals surface area contributed by atoms with Gasteiger partial charge in [-0.2, -0.15) is 11.8 Å². The van der Waals surface area contributed by atoms with Gasteiger partial charge in [0.05, 0.1) is 5.69 Å². The number of thioether (sulfide) groups is 1. The van der Waals surface area contributed by atoms with Crippen molar-refractivity contribution < 1.29 is 5.11 Å². The molecular formula is C16H17N3OS2. The predicted molar refractivity (Wildman–Crippen MR) is 92.4 cm³/mol. The summed E-state index contributed by atoms with van der Waals surface area (Å²) >= 11 is 3.53. The highest BCUT2D eigenvalue weighted by atomic mass is 32.2. The Hall–Kier alpha value is -1.79. The first kappa shape index (κ1) is 15.1. The lowest BCUT2D eigenvalue weighted by molar-refractivity contribution is 0.475. The SMILES string of the molecule is CSCc1nc(CCn2ccnc2-c2ccc(O)cc2)cs1. The van der Waals surface area contributed by atoms with Crippen LogP contribution in [0.2, 0.25) is 0 Å². The van der Waals surface area contributed by atoms with Crippen LogP contribution in [0.15, 0.2) is 42.0 Å². The third-order valence-corrected chi connectivity index (χ3v) is 4.96. The first-order valence-corrected chi connectivity index (χ1v) is 9.26. The van der Waals surface area contributed by atoms with Crippen LogP contribution in [0.3, 0.4) is 0 Å². The zero-order valence-corrected chi connectivity index (χ0v) is 13.9. The summed E-state index contributed by atoms with van der Waals surface area (Å²) in [5, 5.41) is 12.7. The van der Waals surface area contributed by atoms with Gasteiger partial charge in [0.15, 0.2) is 0 Å². The molecule has 0 aliphatic rings. The highest BCUT2D eigenvalue weighted by Gasteiger charge is 2.07. The number of thiazole rings is 1. The van der Waals surface area contributed by atoms with E-state index in [1.807, 2.05) is 24.5 Å². The standard InChI is InChI=1S/C16H17N3OS2/c1-21-11-15-18-13(10-22-15)6-8-19-9-7-17-16(19)12-2-4-14(20)5-3-12/h2-5,7,9-10,20H,6,8,11H2,1H3. The Balaban J connectivity index is 1.70. The van der Waals surface area contributed by atoms with Gasteiger partial charge in [0, 0.05) is 42.1 Å². The van der Waals surface area contributed by atoms with E-state index in [1.54, 1.807) is 35.2 Å². The van der Waals surface area contributed by atoms with Crippen molar-refractivity contribution in [3.05, 3.63) is 52.7 Å². The second-order valence-corrected chi connectivity index (χ2v) is 6.72. The van der Waals surface area contributed by atoms with Crippen LogP contribution in [0.4, 0.5) is 0 Å². The third kappa shape index (κ3) is 3.51. The van der Waals surface area contributed by atoms with Crippen molar-refractivity contribution in [2.24, 2.45) is 0 Å². The molecule has 1 aromatic carbocycles. The second kappa shape index (κ2) is 6.98. The molecule has 0 unspecified atom stereocenters. The maximum absolute atomic E-state index is 9.39. The molecular weight excluding hydrogens is 314 g/mol.